The van der Waals surface area contributed by atoms with E-state index in [1.165, 1.54) is 18.4 Å². The second-order valence-electron chi connectivity index (χ2n) is 7.83. The minimum atomic E-state index is -0.546. The summed E-state index contributed by atoms with van der Waals surface area (Å²) in [6.07, 6.45) is 4.56. The van der Waals surface area contributed by atoms with Gasteiger partial charge in [0.05, 0.1) is 6.42 Å². The molecule has 1 heterocycles. The summed E-state index contributed by atoms with van der Waals surface area (Å²) in [5, 5.41) is 0.814. The van der Waals surface area contributed by atoms with Crippen molar-refractivity contribution in [3.05, 3.63) is 70.9 Å². The normalized spacial score (nSPS) is 10.9. The van der Waals surface area contributed by atoms with Crippen LogP contribution >= 0.6 is 0 Å². The SMILES string of the molecule is CCCCCc1ccc(C(=O)CCC(=O)OCC(=O)c2c(C)[nH]c3ccccc23)cc1. The highest BCUT2D eigenvalue weighted by Gasteiger charge is 2.18. The molecule has 162 valence electrons. The zero-order valence-corrected chi connectivity index (χ0v) is 18.2. The lowest BCUT2D eigenvalue weighted by molar-refractivity contribution is -0.142. The van der Waals surface area contributed by atoms with E-state index >= 15 is 0 Å². The molecule has 0 radical (unpaired) electrons. The van der Waals surface area contributed by atoms with Crippen LogP contribution in [0, 0.1) is 6.92 Å². The predicted octanol–water partition coefficient (Wildman–Crippen LogP) is 5.60. The Labute approximate surface area is 182 Å². The van der Waals surface area contributed by atoms with Crippen molar-refractivity contribution >= 4 is 28.4 Å². The molecular formula is C26H29NO4. The van der Waals surface area contributed by atoms with Crippen molar-refractivity contribution in [1.29, 1.82) is 0 Å². The van der Waals surface area contributed by atoms with Crippen LogP contribution < -0.4 is 0 Å². The van der Waals surface area contributed by atoms with Gasteiger partial charge in [-0.3, -0.25) is 14.4 Å². The molecular weight excluding hydrogens is 390 g/mol. The van der Waals surface area contributed by atoms with Crippen LogP contribution in [0.3, 0.4) is 0 Å². The van der Waals surface area contributed by atoms with E-state index in [9.17, 15) is 14.4 Å². The Bertz CT molecular complexity index is 1060. The standard InChI is InChI=1S/C26H29NO4/c1-3-4-5-8-19-11-13-20(14-12-19)23(28)15-16-25(30)31-17-24(29)26-18(2)27-22-10-7-6-9-21(22)26/h6-7,9-14,27H,3-5,8,15-17H2,1-2H3. The number of aromatic nitrogens is 1. The van der Waals surface area contributed by atoms with Gasteiger partial charge in [-0.05, 0) is 31.4 Å². The second-order valence-corrected chi connectivity index (χ2v) is 7.83. The van der Waals surface area contributed by atoms with E-state index in [2.05, 4.69) is 11.9 Å². The van der Waals surface area contributed by atoms with Crippen molar-refractivity contribution in [2.45, 2.75) is 52.4 Å². The molecule has 0 aliphatic carbocycles. The molecule has 5 heteroatoms. The van der Waals surface area contributed by atoms with Gasteiger partial charge in [-0.1, -0.05) is 62.2 Å². The summed E-state index contributed by atoms with van der Waals surface area (Å²) >= 11 is 0. The van der Waals surface area contributed by atoms with E-state index in [4.69, 9.17) is 4.74 Å². The third kappa shape index (κ3) is 5.91. The van der Waals surface area contributed by atoms with Crippen LogP contribution in [0.4, 0.5) is 0 Å². The molecule has 1 aromatic heterocycles. The first-order valence-corrected chi connectivity index (χ1v) is 10.9. The molecule has 0 unspecified atom stereocenters. The minimum Gasteiger partial charge on any atom is -0.457 e. The molecule has 3 aromatic rings. The highest BCUT2D eigenvalue weighted by atomic mass is 16.5. The molecule has 0 atom stereocenters. The van der Waals surface area contributed by atoms with E-state index < -0.39 is 5.97 Å². The first-order valence-electron chi connectivity index (χ1n) is 10.9. The summed E-state index contributed by atoms with van der Waals surface area (Å²) in [7, 11) is 0. The van der Waals surface area contributed by atoms with E-state index in [1.807, 2.05) is 55.5 Å². The quantitative estimate of drug-likeness (QED) is 0.249. The fraction of sp³-hybridized carbons (Fsp3) is 0.346. The molecule has 0 bridgehead atoms. The first-order chi connectivity index (χ1) is 15.0. The summed E-state index contributed by atoms with van der Waals surface area (Å²) in [5.74, 6) is -0.903. The largest absolute Gasteiger partial charge is 0.457 e. The number of rotatable bonds is 11. The number of para-hydroxylation sites is 1. The first kappa shape index (κ1) is 22.5. The Morgan fingerprint density at radius 2 is 1.65 bits per heavy atom. The molecule has 0 fully saturated rings. The maximum absolute atomic E-state index is 12.6. The number of esters is 1. The van der Waals surface area contributed by atoms with Crippen molar-refractivity contribution in [2.75, 3.05) is 6.61 Å². The molecule has 0 aliphatic heterocycles. The second kappa shape index (κ2) is 10.7. The van der Waals surface area contributed by atoms with Gasteiger partial charge in [0.25, 0.3) is 0 Å². The maximum atomic E-state index is 12.6. The number of unbranched alkanes of at least 4 members (excludes halogenated alkanes) is 2. The number of Topliss-reactive ketones (excluding diaryl/α,β-unsaturated/α-hetero) is 2. The molecule has 2 aromatic carbocycles. The number of aryl methyl sites for hydroxylation is 2. The van der Waals surface area contributed by atoms with Crippen LogP contribution in [0.1, 0.15) is 71.0 Å². The van der Waals surface area contributed by atoms with Crippen LogP contribution in [0.15, 0.2) is 48.5 Å². The lowest BCUT2D eigenvalue weighted by Gasteiger charge is -2.06. The molecule has 0 spiro atoms. The molecule has 1 N–H and O–H groups in total. The highest BCUT2D eigenvalue weighted by Crippen LogP contribution is 2.22. The third-order valence-corrected chi connectivity index (χ3v) is 5.44. The number of ether oxygens (including phenoxy) is 1. The highest BCUT2D eigenvalue weighted by molar-refractivity contribution is 6.10. The molecule has 0 saturated heterocycles. The summed E-state index contributed by atoms with van der Waals surface area (Å²) < 4.78 is 5.14. The van der Waals surface area contributed by atoms with Gasteiger partial charge >= 0.3 is 5.97 Å². The monoisotopic (exact) mass is 419 g/mol. The maximum Gasteiger partial charge on any atom is 0.306 e. The number of fused-ring (bicyclic) bond motifs is 1. The third-order valence-electron chi connectivity index (χ3n) is 5.44. The number of hydrogen-bond acceptors (Lipinski definition) is 4. The van der Waals surface area contributed by atoms with Crippen molar-refractivity contribution in [2.24, 2.45) is 0 Å². The average Bonchev–Trinajstić information content (AvgIpc) is 3.12. The van der Waals surface area contributed by atoms with Gasteiger partial charge in [-0.25, -0.2) is 0 Å². The van der Waals surface area contributed by atoms with E-state index in [0.29, 0.717) is 11.1 Å². The Hall–Kier alpha value is -3.21. The van der Waals surface area contributed by atoms with Crippen LogP contribution in [-0.4, -0.2) is 29.1 Å². The van der Waals surface area contributed by atoms with Crippen molar-refractivity contribution in [1.82, 2.24) is 4.98 Å². The zero-order chi connectivity index (χ0) is 22.2. The number of hydrogen-bond donors (Lipinski definition) is 1. The van der Waals surface area contributed by atoms with Gasteiger partial charge in [0, 0.05) is 34.1 Å². The lowest BCUT2D eigenvalue weighted by Crippen LogP contribution is -2.15. The van der Waals surface area contributed by atoms with Gasteiger partial charge in [0.2, 0.25) is 5.78 Å². The number of benzene rings is 2. The van der Waals surface area contributed by atoms with Gasteiger partial charge in [-0.2, -0.15) is 0 Å². The van der Waals surface area contributed by atoms with Crippen LogP contribution in [-0.2, 0) is 16.0 Å². The predicted molar refractivity (Wildman–Crippen MR) is 122 cm³/mol. The van der Waals surface area contributed by atoms with Crippen molar-refractivity contribution in [3.8, 4) is 0 Å². The average molecular weight is 420 g/mol. The van der Waals surface area contributed by atoms with Gasteiger partial charge < -0.3 is 9.72 Å². The van der Waals surface area contributed by atoms with E-state index in [1.54, 1.807) is 0 Å². The number of carbonyl (C=O) groups is 3. The van der Waals surface area contributed by atoms with Gasteiger partial charge in [-0.15, -0.1) is 0 Å². The number of ketones is 2. The topological polar surface area (TPSA) is 76.2 Å². The smallest absolute Gasteiger partial charge is 0.306 e. The summed E-state index contributed by atoms with van der Waals surface area (Å²) in [5.41, 5.74) is 3.97. The molecule has 0 amide bonds. The van der Waals surface area contributed by atoms with Crippen LogP contribution in [0.25, 0.3) is 10.9 Å². The Balaban J connectivity index is 1.47. The Morgan fingerprint density at radius 1 is 0.903 bits per heavy atom. The van der Waals surface area contributed by atoms with Crippen LogP contribution in [0.2, 0.25) is 0 Å². The minimum absolute atomic E-state index is 0.0444. The molecule has 31 heavy (non-hydrogen) atoms. The van der Waals surface area contributed by atoms with Gasteiger partial charge in [0.15, 0.2) is 12.4 Å². The fourth-order valence-corrected chi connectivity index (χ4v) is 3.72. The number of carbonyl (C=O) groups excluding carboxylic acids is 3. The van der Waals surface area contributed by atoms with Crippen molar-refractivity contribution < 1.29 is 19.1 Å². The number of nitrogens with one attached hydrogen (secondary N) is 1. The number of aromatic amines is 1. The van der Waals surface area contributed by atoms with E-state index in [0.717, 1.165) is 29.4 Å². The van der Waals surface area contributed by atoms with Crippen molar-refractivity contribution in [3.63, 3.8) is 0 Å². The van der Waals surface area contributed by atoms with E-state index in [-0.39, 0.29) is 31.0 Å². The number of H-pyrrole nitrogens is 1. The van der Waals surface area contributed by atoms with Gasteiger partial charge in [0.1, 0.15) is 0 Å². The molecule has 0 saturated carbocycles. The fourth-order valence-electron chi connectivity index (χ4n) is 3.72. The van der Waals surface area contributed by atoms with Crippen LogP contribution in [0.5, 0.6) is 0 Å². The summed E-state index contributed by atoms with van der Waals surface area (Å²) in [6.45, 7) is 3.66. The molecule has 5 nitrogen and oxygen atoms in total. The molecule has 0 aliphatic rings. The Morgan fingerprint density at radius 3 is 2.39 bits per heavy atom. The molecule has 3 rings (SSSR count). The lowest BCUT2D eigenvalue weighted by atomic mass is 10.0. The Kier molecular flexibility index (Phi) is 7.76. The zero-order valence-electron chi connectivity index (χ0n) is 18.2. The summed E-state index contributed by atoms with van der Waals surface area (Å²) in [4.78, 5) is 40.2. The summed E-state index contributed by atoms with van der Waals surface area (Å²) in [6, 6.07) is 15.1.